The van der Waals surface area contributed by atoms with E-state index in [2.05, 4.69) is 15.5 Å². The van der Waals surface area contributed by atoms with Crippen LogP contribution in [0.1, 0.15) is 11.3 Å². The number of amides is 1. The molecule has 0 aliphatic carbocycles. The van der Waals surface area contributed by atoms with E-state index < -0.39 is 4.92 Å². The number of nitro benzene ring substituents is 1. The SMILES string of the molecule is O=C1N/C(=N\N=C\c2ccccc2O)SC1=Cc1ccc(-c2ccc([N+](=O)[O-])cc2Cl)o1. The van der Waals surface area contributed by atoms with Crippen molar-refractivity contribution < 1.29 is 19.2 Å². The van der Waals surface area contributed by atoms with Crippen LogP contribution in [0.4, 0.5) is 5.69 Å². The number of phenolic OH excluding ortho intramolecular Hbond substituents is 1. The Morgan fingerprint density at radius 3 is 2.75 bits per heavy atom. The van der Waals surface area contributed by atoms with Gasteiger partial charge in [-0.3, -0.25) is 20.2 Å². The van der Waals surface area contributed by atoms with Gasteiger partial charge in [0.05, 0.1) is 21.1 Å². The van der Waals surface area contributed by atoms with Gasteiger partial charge >= 0.3 is 0 Å². The molecule has 0 bridgehead atoms. The van der Waals surface area contributed by atoms with Crippen molar-refractivity contribution in [2.75, 3.05) is 0 Å². The Kier molecular flexibility index (Phi) is 6.06. The molecule has 1 fully saturated rings. The lowest BCUT2D eigenvalue weighted by atomic mass is 10.1. The fourth-order valence-electron chi connectivity index (χ4n) is 2.74. The Morgan fingerprint density at radius 2 is 2.00 bits per heavy atom. The molecule has 0 saturated carbocycles. The van der Waals surface area contributed by atoms with Crippen molar-refractivity contribution in [1.29, 1.82) is 0 Å². The summed E-state index contributed by atoms with van der Waals surface area (Å²) < 4.78 is 5.73. The summed E-state index contributed by atoms with van der Waals surface area (Å²) in [6.07, 6.45) is 2.92. The fourth-order valence-corrected chi connectivity index (χ4v) is 3.76. The molecule has 0 atom stereocenters. The van der Waals surface area contributed by atoms with E-state index in [0.717, 1.165) is 11.8 Å². The predicted octanol–water partition coefficient (Wildman–Crippen LogP) is 4.81. The molecular weight excluding hydrogens is 456 g/mol. The lowest BCUT2D eigenvalue weighted by Gasteiger charge is -2.00. The highest BCUT2D eigenvalue weighted by Gasteiger charge is 2.24. The highest BCUT2D eigenvalue weighted by molar-refractivity contribution is 8.18. The number of halogens is 1. The van der Waals surface area contributed by atoms with Crippen LogP contribution in [0.25, 0.3) is 17.4 Å². The number of nitrogens with one attached hydrogen (secondary N) is 1. The van der Waals surface area contributed by atoms with E-state index in [1.54, 1.807) is 30.3 Å². The quantitative estimate of drug-likeness (QED) is 0.239. The van der Waals surface area contributed by atoms with Crippen LogP contribution < -0.4 is 5.32 Å². The number of para-hydroxylation sites is 1. The van der Waals surface area contributed by atoms with Crippen molar-refractivity contribution >= 4 is 52.4 Å². The van der Waals surface area contributed by atoms with Gasteiger partial charge in [0.25, 0.3) is 11.6 Å². The zero-order chi connectivity index (χ0) is 22.7. The third-order valence-corrected chi connectivity index (χ3v) is 5.48. The van der Waals surface area contributed by atoms with Crippen molar-refractivity contribution in [3.05, 3.63) is 86.0 Å². The Hall–Kier alpha value is -3.89. The second-order valence-electron chi connectivity index (χ2n) is 6.40. The molecule has 1 amide bonds. The van der Waals surface area contributed by atoms with Gasteiger partial charge in [0.1, 0.15) is 17.3 Å². The van der Waals surface area contributed by atoms with Gasteiger partial charge < -0.3 is 9.52 Å². The predicted molar refractivity (Wildman–Crippen MR) is 123 cm³/mol. The van der Waals surface area contributed by atoms with Crippen molar-refractivity contribution in [3.8, 4) is 17.1 Å². The third-order valence-electron chi connectivity index (χ3n) is 4.26. The van der Waals surface area contributed by atoms with E-state index in [4.69, 9.17) is 16.0 Å². The van der Waals surface area contributed by atoms with Crippen LogP contribution in [0.5, 0.6) is 5.75 Å². The van der Waals surface area contributed by atoms with Gasteiger partial charge in [0.15, 0.2) is 5.17 Å². The summed E-state index contributed by atoms with van der Waals surface area (Å²) in [5, 5.41) is 31.5. The summed E-state index contributed by atoms with van der Waals surface area (Å²) in [7, 11) is 0. The lowest BCUT2D eigenvalue weighted by molar-refractivity contribution is -0.384. The molecule has 2 aromatic carbocycles. The number of phenols is 1. The first kappa shape index (κ1) is 21.3. The number of rotatable bonds is 5. The van der Waals surface area contributed by atoms with Crippen LogP contribution in [0, 0.1) is 10.1 Å². The molecule has 1 saturated heterocycles. The number of furan rings is 1. The zero-order valence-corrected chi connectivity index (χ0v) is 17.6. The van der Waals surface area contributed by atoms with Crippen molar-refractivity contribution in [3.63, 3.8) is 0 Å². The molecule has 3 aromatic rings. The maximum atomic E-state index is 12.2. The summed E-state index contributed by atoms with van der Waals surface area (Å²) >= 11 is 7.22. The smallest absolute Gasteiger partial charge is 0.270 e. The van der Waals surface area contributed by atoms with Crippen LogP contribution >= 0.6 is 23.4 Å². The molecule has 160 valence electrons. The first-order chi connectivity index (χ1) is 15.4. The van der Waals surface area contributed by atoms with Crippen LogP contribution in [0.15, 0.2) is 74.1 Å². The Bertz CT molecular complexity index is 1320. The van der Waals surface area contributed by atoms with Gasteiger partial charge in [-0.1, -0.05) is 23.7 Å². The lowest BCUT2D eigenvalue weighted by Crippen LogP contribution is -2.19. The molecule has 0 unspecified atom stereocenters. The molecule has 1 aliphatic heterocycles. The van der Waals surface area contributed by atoms with Gasteiger partial charge in [0, 0.05) is 29.3 Å². The average molecular weight is 469 g/mol. The molecule has 0 radical (unpaired) electrons. The number of aromatic hydroxyl groups is 1. The minimum absolute atomic E-state index is 0.0712. The third kappa shape index (κ3) is 4.71. The number of benzene rings is 2. The summed E-state index contributed by atoms with van der Waals surface area (Å²) in [5.74, 6) is 0.507. The van der Waals surface area contributed by atoms with Crippen molar-refractivity contribution in [1.82, 2.24) is 5.32 Å². The Balaban J connectivity index is 1.49. The second kappa shape index (κ2) is 9.08. The number of nitrogens with zero attached hydrogens (tertiary/aromatic N) is 3. The minimum atomic E-state index is -0.532. The summed E-state index contributed by atoms with van der Waals surface area (Å²) in [5.41, 5.74) is 0.866. The number of amidine groups is 1. The fraction of sp³-hybridized carbons (Fsp3) is 0. The van der Waals surface area contributed by atoms with E-state index in [-0.39, 0.29) is 27.5 Å². The molecule has 2 heterocycles. The topological polar surface area (TPSA) is 130 Å². The Morgan fingerprint density at radius 1 is 1.19 bits per heavy atom. The average Bonchev–Trinajstić information content (AvgIpc) is 3.36. The molecule has 0 spiro atoms. The van der Waals surface area contributed by atoms with Gasteiger partial charge in [-0.15, -0.1) is 5.10 Å². The minimum Gasteiger partial charge on any atom is -0.507 e. The van der Waals surface area contributed by atoms with Crippen LogP contribution in [0.2, 0.25) is 5.02 Å². The normalized spacial score (nSPS) is 16.2. The molecule has 2 N–H and O–H groups in total. The van der Waals surface area contributed by atoms with E-state index in [0.29, 0.717) is 27.6 Å². The second-order valence-corrected chi connectivity index (χ2v) is 7.83. The number of nitro groups is 1. The molecule has 9 nitrogen and oxygen atoms in total. The summed E-state index contributed by atoms with van der Waals surface area (Å²) in [6, 6.07) is 14.0. The number of thioether (sulfide) groups is 1. The molecule has 11 heteroatoms. The van der Waals surface area contributed by atoms with Gasteiger partial charge in [-0.25, -0.2) is 0 Å². The first-order valence-corrected chi connectivity index (χ1v) is 10.2. The van der Waals surface area contributed by atoms with E-state index >= 15 is 0 Å². The number of hydrogen-bond acceptors (Lipinski definition) is 8. The molecule has 1 aliphatic rings. The van der Waals surface area contributed by atoms with Crippen LogP contribution in [-0.2, 0) is 4.79 Å². The maximum absolute atomic E-state index is 12.2. The van der Waals surface area contributed by atoms with Crippen LogP contribution in [-0.4, -0.2) is 27.3 Å². The van der Waals surface area contributed by atoms with E-state index in [9.17, 15) is 20.0 Å². The van der Waals surface area contributed by atoms with E-state index in [1.807, 2.05) is 0 Å². The van der Waals surface area contributed by atoms with Gasteiger partial charge in [-0.2, -0.15) is 5.10 Å². The highest BCUT2D eigenvalue weighted by Crippen LogP contribution is 2.33. The van der Waals surface area contributed by atoms with Gasteiger partial charge in [-0.05, 0) is 42.1 Å². The summed E-state index contributed by atoms with van der Waals surface area (Å²) in [4.78, 5) is 22.9. The Labute approximate surface area is 190 Å². The van der Waals surface area contributed by atoms with Gasteiger partial charge in [0.2, 0.25) is 0 Å². The maximum Gasteiger partial charge on any atom is 0.270 e. The standard InChI is InChI=1S/C21H13ClN4O5S/c22-16-9-13(26(29)30)5-7-15(16)18-8-6-14(31-18)10-19-20(28)24-21(32-19)25-23-11-12-3-1-2-4-17(12)27/h1-11,27H,(H,24,25,28)/b19-10?,23-11+. The molecule has 1 aromatic heterocycles. The zero-order valence-electron chi connectivity index (χ0n) is 16.1. The number of carbonyl (C=O) groups excluding carboxylic acids is 1. The highest BCUT2D eigenvalue weighted by atomic mass is 35.5. The molecule has 32 heavy (non-hydrogen) atoms. The number of hydrogen-bond donors (Lipinski definition) is 2. The molecule has 4 rings (SSSR count). The largest absolute Gasteiger partial charge is 0.507 e. The monoisotopic (exact) mass is 468 g/mol. The van der Waals surface area contributed by atoms with Crippen molar-refractivity contribution in [2.45, 2.75) is 0 Å². The first-order valence-electron chi connectivity index (χ1n) is 9.05. The summed E-state index contributed by atoms with van der Waals surface area (Å²) in [6.45, 7) is 0. The molecular formula is C21H13ClN4O5S. The van der Waals surface area contributed by atoms with E-state index in [1.165, 1.54) is 36.6 Å². The number of carbonyl (C=O) groups is 1. The number of non-ortho nitro benzene ring substituents is 1. The van der Waals surface area contributed by atoms with Crippen molar-refractivity contribution in [2.24, 2.45) is 10.2 Å². The van der Waals surface area contributed by atoms with Crippen LogP contribution in [0.3, 0.4) is 0 Å².